The number of esters is 1. The van der Waals surface area contributed by atoms with Crippen molar-refractivity contribution >= 4 is 12.1 Å². The number of ether oxygens (including phenoxy) is 1. The quantitative estimate of drug-likeness (QED) is 0.419. The van der Waals surface area contributed by atoms with Crippen molar-refractivity contribution < 1.29 is 24.5 Å². The van der Waals surface area contributed by atoms with Crippen LogP contribution in [0.1, 0.15) is 6.92 Å². The third-order valence-electron chi connectivity index (χ3n) is 0.633. The van der Waals surface area contributed by atoms with E-state index in [0.29, 0.717) is 0 Å². The van der Waals surface area contributed by atoms with Crippen LogP contribution in [0.3, 0.4) is 0 Å². The number of nitrogens with two attached hydrogens (primary N) is 1. The lowest BCUT2D eigenvalue weighted by molar-refractivity contribution is -0.140. The van der Waals surface area contributed by atoms with E-state index in [-0.39, 0.29) is 6.61 Å². The van der Waals surface area contributed by atoms with E-state index < -0.39 is 18.2 Å². The minimum absolute atomic E-state index is 0.0326. The molecule has 0 aromatic rings. The molecule has 6 heteroatoms. The molecule has 0 spiro atoms. The van der Waals surface area contributed by atoms with E-state index in [0.717, 1.165) is 6.08 Å². The van der Waals surface area contributed by atoms with E-state index in [1.54, 1.807) is 0 Å². The molecule has 0 bridgehead atoms. The Balaban J connectivity index is 0. The highest BCUT2D eigenvalue weighted by Crippen LogP contribution is 1.83. The van der Waals surface area contributed by atoms with Gasteiger partial charge in [-0.3, -0.25) is 0 Å². The van der Waals surface area contributed by atoms with Crippen LogP contribution in [0.4, 0.5) is 4.79 Å². The molecule has 0 aromatic carbocycles. The molecule has 0 radical (unpaired) electrons. The summed E-state index contributed by atoms with van der Waals surface area (Å²) in [5, 5.41) is 15.8. The van der Waals surface area contributed by atoms with Crippen LogP contribution in [0, 0.1) is 0 Å². The molecule has 0 aliphatic rings. The third-order valence-corrected chi connectivity index (χ3v) is 0.633. The summed E-state index contributed by atoms with van der Waals surface area (Å²) in [5.41, 5.74) is 4.03. The van der Waals surface area contributed by atoms with Gasteiger partial charge in [0, 0.05) is 6.08 Å². The second-order valence-corrected chi connectivity index (χ2v) is 2.02. The summed E-state index contributed by atoms with van der Waals surface area (Å²) in [6.45, 7) is 4.75. The summed E-state index contributed by atoms with van der Waals surface area (Å²) in [4.78, 5) is 19.0. The van der Waals surface area contributed by atoms with E-state index in [4.69, 9.17) is 15.0 Å². The van der Waals surface area contributed by atoms with Crippen molar-refractivity contribution in [1.29, 1.82) is 0 Å². The zero-order valence-corrected chi connectivity index (χ0v) is 7.27. The molecular weight excluding hydrogens is 178 g/mol. The fourth-order valence-electron chi connectivity index (χ4n) is 0.262. The first-order valence-corrected chi connectivity index (χ1v) is 3.35. The average Bonchev–Trinajstić information content (AvgIpc) is 1.99. The first kappa shape index (κ1) is 14.0. The Bertz CT molecular complexity index is 174. The average molecular weight is 191 g/mol. The summed E-state index contributed by atoms with van der Waals surface area (Å²) < 4.78 is 4.45. The fourth-order valence-corrected chi connectivity index (χ4v) is 0.262. The Morgan fingerprint density at radius 2 is 2.08 bits per heavy atom. The maximum absolute atomic E-state index is 10.3. The predicted octanol–water partition coefficient (Wildman–Crippen LogP) is -0.281. The molecule has 0 rings (SSSR count). The summed E-state index contributed by atoms with van der Waals surface area (Å²) in [7, 11) is 0. The monoisotopic (exact) mass is 191 g/mol. The standard InChI is InChI=1S/C6H10O3.CH3NO2/c1-3-6(8)9-4-5(2)7;2-1(3)4/h3,5,7H,1,4H2,2H3;2H2,(H,3,4). The molecule has 6 nitrogen and oxygen atoms in total. The van der Waals surface area contributed by atoms with E-state index in [9.17, 15) is 4.79 Å². The number of carbonyl (C=O) groups excluding carboxylic acids is 1. The van der Waals surface area contributed by atoms with Gasteiger partial charge < -0.3 is 20.7 Å². The van der Waals surface area contributed by atoms with Crippen molar-refractivity contribution in [3.8, 4) is 0 Å². The van der Waals surface area contributed by atoms with Gasteiger partial charge in [0.1, 0.15) is 6.61 Å². The van der Waals surface area contributed by atoms with Crippen LogP contribution < -0.4 is 5.73 Å². The Morgan fingerprint density at radius 1 is 1.69 bits per heavy atom. The normalized spacial score (nSPS) is 10.3. The lowest BCUT2D eigenvalue weighted by Gasteiger charge is -2.02. The number of carboxylic acid groups (broad SMARTS) is 1. The van der Waals surface area contributed by atoms with Gasteiger partial charge in [-0.1, -0.05) is 6.58 Å². The molecule has 0 aliphatic carbocycles. The molecule has 0 aliphatic heterocycles. The molecule has 1 unspecified atom stereocenters. The largest absolute Gasteiger partial charge is 0.465 e. The van der Waals surface area contributed by atoms with Gasteiger partial charge in [-0.05, 0) is 6.92 Å². The van der Waals surface area contributed by atoms with Crippen molar-refractivity contribution in [3.63, 3.8) is 0 Å². The molecule has 13 heavy (non-hydrogen) atoms. The van der Waals surface area contributed by atoms with E-state index in [1.165, 1.54) is 6.92 Å². The number of carbonyl (C=O) groups is 2. The Kier molecular flexibility index (Phi) is 9.19. The highest BCUT2D eigenvalue weighted by atomic mass is 16.5. The fraction of sp³-hybridized carbons (Fsp3) is 0.429. The molecule has 0 saturated heterocycles. The van der Waals surface area contributed by atoms with E-state index in [1.807, 2.05) is 0 Å². The SMILES string of the molecule is C=CC(=O)OCC(C)O.NC(=O)O. The second kappa shape index (κ2) is 8.54. The molecule has 0 saturated carbocycles. The van der Waals surface area contributed by atoms with Gasteiger partial charge in [-0.25, -0.2) is 9.59 Å². The number of rotatable bonds is 3. The minimum Gasteiger partial charge on any atom is -0.465 e. The molecule has 0 aromatic heterocycles. The van der Waals surface area contributed by atoms with Gasteiger partial charge in [0.2, 0.25) is 0 Å². The number of primary amides is 1. The number of aliphatic hydroxyl groups is 1. The topological polar surface area (TPSA) is 110 Å². The zero-order valence-electron chi connectivity index (χ0n) is 7.27. The Morgan fingerprint density at radius 3 is 2.31 bits per heavy atom. The van der Waals surface area contributed by atoms with E-state index in [2.05, 4.69) is 17.0 Å². The summed E-state index contributed by atoms with van der Waals surface area (Å²) in [6, 6.07) is 0. The number of hydrogen-bond acceptors (Lipinski definition) is 4. The van der Waals surface area contributed by atoms with Crippen LogP contribution in [0.5, 0.6) is 0 Å². The van der Waals surface area contributed by atoms with Crippen molar-refractivity contribution in [1.82, 2.24) is 0 Å². The maximum Gasteiger partial charge on any atom is 0.402 e. The van der Waals surface area contributed by atoms with Gasteiger partial charge >= 0.3 is 12.1 Å². The highest BCUT2D eigenvalue weighted by Gasteiger charge is 1.98. The second-order valence-electron chi connectivity index (χ2n) is 2.02. The van der Waals surface area contributed by atoms with Crippen LogP contribution in [-0.2, 0) is 9.53 Å². The van der Waals surface area contributed by atoms with Gasteiger partial charge in [0.05, 0.1) is 6.10 Å². The summed E-state index contributed by atoms with van der Waals surface area (Å²) in [6.07, 6.45) is -0.878. The molecule has 1 atom stereocenters. The molecule has 1 amide bonds. The maximum atomic E-state index is 10.3. The van der Waals surface area contributed by atoms with E-state index >= 15 is 0 Å². The molecular formula is C7H13NO5. The first-order chi connectivity index (χ1) is 5.90. The summed E-state index contributed by atoms with van der Waals surface area (Å²) in [5.74, 6) is -0.504. The Hall–Kier alpha value is -1.56. The van der Waals surface area contributed by atoms with Crippen LogP contribution in [0.25, 0.3) is 0 Å². The smallest absolute Gasteiger partial charge is 0.402 e. The Labute approximate surface area is 75.6 Å². The lowest BCUT2D eigenvalue weighted by Crippen LogP contribution is -2.13. The number of aliphatic hydroxyl groups excluding tert-OH is 1. The van der Waals surface area contributed by atoms with Crippen molar-refractivity contribution in [2.24, 2.45) is 5.73 Å². The number of amides is 1. The number of hydrogen-bond donors (Lipinski definition) is 3. The van der Waals surface area contributed by atoms with Gasteiger partial charge in [0.15, 0.2) is 0 Å². The zero-order chi connectivity index (χ0) is 10.9. The van der Waals surface area contributed by atoms with Crippen LogP contribution in [-0.4, -0.2) is 35.0 Å². The van der Waals surface area contributed by atoms with Gasteiger partial charge in [-0.2, -0.15) is 0 Å². The first-order valence-electron chi connectivity index (χ1n) is 3.35. The molecule has 4 N–H and O–H groups in total. The summed E-state index contributed by atoms with van der Waals surface area (Å²) >= 11 is 0. The third kappa shape index (κ3) is 25.1. The van der Waals surface area contributed by atoms with Crippen LogP contribution in [0.15, 0.2) is 12.7 Å². The van der Waals surface area contributed by atoms with Crippen LogP contribution in [0.2, 0.25) is 0 Å². The molecule has 0 heterocycles. The van der Waals surface area contributed by atoms with Crippen molar-refractivity contribution in [3.05, 3.63) is 12.7 Å². The predicted molar refractivity (Wildman–Crippen MR) is 45.0 cm³/mol. The molecule has 76 valence electrons. The van der Waals surface area contributed by atoms with Crippen molar-refractivity contribution in [2.75, 3.05) is 6.61 Å². The van der Waals surface area contributed by atoms with Gasteiger partial charge in [-0.15, -0.1) is 0 Å². The lowest BCUT2D eigenvalue weighted by atomic mass is 10.4. The van der Waals surface area contributed by atoms with Crippen molar-refractivity contribution in [2.45, 2.75) is 13.0 Å². The van der Waals surface area contributed by atoms with Crippen LogP contribution >= 0.6 is 0 Å². The van der Waals surface area contributed by atoms with Gasteiger partial charge in [0.25, 0.3) is 0 Å². The highest BCUT2D eigenvalue weighted by molar-refractivity contribution is 5.81. The molecule has 0 fully saturated rings. The minimum atomic E-state index is -1.33.